The molecule has 1 nitrogen and oxygen atoms in total. The van der Waals surface area contributed by atoms with Gasteiger partial charge >= 0.3 is 0 Å². The summed E-state index contributed by atoms with van der Waals surface area (Å²) in [7, 11) is 0. The van der Waals surface area contributed by atoms with Gasteiger partial charge in [0, 0.05) is 37.2 Å². The van der Waals surface area contributed by atoms with Gasteiger partial charge in [-0.05, 0) is 99.0 Å². The highest BCUT2D eigenvalue weighted by molar-refractivity contribution is 7.26. The fourth-order valence-corrected chi connectivity index (χ4v) is 10.1. The van der Waals surface area contributed by atoms with E-state index in [1.165, 1.54) is 75.8 Å². The van der Waals surface area contributed by atoms with Gasteiger partial charge in [-0.25, -0.2) is 0 Å². The van der Waals surface area contributed by atoms with Crippen molar-refractivity contribution in [3.8, 4) is 22.3 Å². The molecule has 1 heterocycles. The Balaban J connectivity index is 1.07. The molecule has 52 heavy (non-hydrogen) atoms. The van der Waals surface area contributed by atoms with Gasteiger partial charge in [0.25, 0.3) is 0 Å². The van der Waals surface area contributed by atoms with Crippen molar-refractivity contribution in [3.05, 3.63) is 222 Å². The second-order valence-electron chi connectivity index (χ2n) is 13.7. The molecule has 10 rings (SSSR count). The summed E-state index contributed by atoms with van der Waals surface area (Å²) < 4.78 is 2.65. The zero-order chi connectivity index (χ0) is 34.8. The second kappa shape index (κ2) is 11.9. The van der Waals surface area contributed by atoms with Crippen molar-refractivity contribution >= 4 is 48.5 Å². The number of fused-ring (bicyclic) bond motifs is 10. The third-order valence-corrected chi connectivity index (χ3v) is 12.3. The van der Waals surface area contributed by atoms with Gasteiger partial charge in [-0.15, -0.1) is 11.3 Å². The first-order valence-electron chi connectivity index (χ1n) is 17.9. The molecule has 0 N–H and O–H groups in total. The number of thiophene rings is 1. The van der Waals surface area contributed by atoms with E-state index >= 15 is 0 Å². The number of allylic oxidation sites excluding steroid dienone is 4. The number of rotatable bonds is 6. The Bertz CT molecular complexity index is 2720. The van der Waals surface area contributed by atoms with Crippen LogP contribution in [-0.2, 0) is 5.41 Å². The normalized spacial score (nSPS) is 13.9. The van der Waals surface area contributed by atoms with Crippen LogP contribution in [0.3, 0.4) is 0 Å². The smallest absolute Gasteiger partial charge is 0.0722 e. The fourth-order valence-electron chi connectivity index (χ4n) is 8.85. The molecule has 0 atom stereocenters. The Hall–Kier alpha value is -6.22. The Kier molecular flexibility index (Phi) is 7.02. The van der Waals surface area contributed by atoms with Crippen LogP contribution in [0, 0.1) is 0 Å². The molecule has 0 saturated carbocycles. The highest BCUT2D eigenvalue weighted by Gasteiger charge is 2.51. The van der Waals surface area contributed by atoms with Crippen LogP contribution in [0.15, 0.2) is 200 Å². The summed E-state index contributed by atoms with van der Waals surface area (Å²) in [4.78, 5) is 2.27. The van der Waals surface area contributed by atoms with E-state index < -0.39 is 5.41 Å². The van der Waals surface area contributed by atoms with Gasteiger partial charge in [-0.1, -0.05) is 152 Å². The molecule has 0 unspecified atom stereocenters. The third-order valence-electron chi connectivity index (χ3n) is 11.1. The molecule has 0 radical (unpaired) electrons. The lowest BCUT2D eigenvalue weighted by atomic mass is 9.69. The molecule has 0 amide bonds. The maximum atomic E-state index is 4.71. The Morgan fingerprint density at radius 1 is 0.538 bits per heavy atom. The minimum Gasteiger partial charge on any atom is -0.311 e. The van der Waals surface area contributed by atoms with Gasteiger partial charge in [0.1, 0.15) is 0 Å². The summed E-state index contributed by atoms with van der Waals surface area (Å²) in [6.07, 6.45) is 4.55. The molecule has 0 fully saturated rings. The first-order valence-corrected chi connectivity index (χ1v) is 18.7. The molecular weight excluding hydrogens is 647 g/mol. The summed E-state index contributed by atoms with van der Waals surface area (Å²) in [5, 5.41) is 2.64. The zero-order valence-electron chi connectivity index (χ0n) is 28.9. The summed E-state index contributed by atoms with van der Waals surface area (Å²) >= 11 is 1.87. The van der Waals surface area contributed by atoms with Crippen LogP contribution < -0.4 is 4.90 Å². The largest absolute Gasteiger partial charge is 0.311 e. The van der Waals surface area contributed by atoms with E-state index in [2.05, 4.69) is 194 Å². The molecule has 246 valence electrons. The quantitative estimate of drug-likeness (QED) is 0.158. The van der Waals surface area contributed by atoms with E-state index in [1.54, 1.807) is 0 Å². The highest BCUT2D eigenvalue weighted by Crippen LogP contribution is 2.62. The molecule has 2 heteroatoms. The van der Waals surface area contributed by atoms with E-state index in [-0.39, 0.29) is 0 Å². The van der Waals surface area contributed by atoms with E-state index in [0.717, 1.165) is 17.1 Å². The van der Waals surface area contributed by atoms with Crippen LogP contribution in [0.4, 0.5) is 11.4 Å². The molecule has 0 bridgehead atoms. The maximum Gasteiger partial charge on any atom is 0.0722 e. The van der Waals surface area contributed by atoms with Gasteiger partial charge in [-0.3, -0.25) is 0 Å². The van der Waals surface area contributed by atoms with Crippen LogP contribution in [0.5, 0.6) is 0 Å². The predicted molar refractivity (Wildman–Crippen MR) is 222 cm³/mol. The van der Waals surface area contributed by atoms with Crippen molar-refractivity contribution in [2.24, 2.45) is 0 Å². The molecule has 1 aromatic heterocycles. The standard InChI is InChI=1S/C50H35NS/c1-33(27-32-44-34(2)38-17-6-10-23-45(38)50(44)46-24-11-7-18-40(46)41-19-8-12-25-47(41)50)51(36-15-4-3-5-16-36)37-30-28-35(29-31-37)39-21-14-22-43-42-20-9-13-26-48(42)52-49(39)43/h3-32H,1H2,2H3/b32-27-. The Morgan fingerprint density at radius 3 is 1.79 bits per heavy atom. The lowest BCUT2D eigenvalue weighted by Gasteiger charge is -2.32. The fraction of sp³-hybridized carbons (Fsp3) is 0.0400. The van der Waals surface area contributed by atoms with Crippen molar-refractivity contribution in [2.75, 3.05) is 4.90 Å². The molecule has 1 spiro atoms. The minimum absolute atomic E-state index is 0.391. The highest BCUT2D eigenvalue weighted by atomic mass is 32.1. The van der Waals surface area contributed by atoms with E-state index in [9.17, 15) is 0 Å². The van der Waals surface area contributed by atoms with Gasteiger partial charge in [0.05, 0.1) is 5.41 Å². The average Bonchev–Trinajstić information content (AvgIpc) is 3.81. The van der Waals surface area contributed by atoms with Crippen LogP contribution in [0.2, 0.25) is 0 Å². The number of nitrogens with zero attached hydrogens (tertiary/aromatic N) is 1. The van der Waals surface area contributed by atoms with Crippen LogP contribution in [-0.4, -0.2) is 0 Å². The van der Waals surface area contributed by atoms with E-state index in [0.29, 0.717) is 0 Å². The SMILES string of the molecule is C=C(/C=C\C1=C(C)c2ccccc2C12c1ccccc1-c1ccccc12)N(c1ccccc1)c1ccc(-c2cccc3c2sc2ccccc23)cc1. The van der Waals surface area contributed by atoms with Crippen LogP contribution >= 0.6 is 11.3 Å². The van der Waals surface area contributed by atoms with Crippen LogP contribution in [0.25, 0.3) is 48.0 Å². The topological polar surface area (TPSA) is 3.24 Å². The van der Waals surface area contributed by atoms with Crippen molar-refractivity contribution < 1.29 is 0 Å². The van der Waals surface area contributed by atoms with Crippen molar-refractivity contribution in [2.45, 2.75) is 12.3 Å². The van der Waals surface area contributed by atoms with Gasteiger partial charge in [0.15, 0.2) is 0 Å². The molecule has 0 aliphatic heterocycles. The molecule has 0 saturated heterocycles. The lowest BCUT2D eigenvalue weighted by Crippen LogP contribution is -2.26. The van der Waals surface area contributed by atoms with Gasteiger partial charge in [0.2, 0.25) is 0 Å². The number of benzene rings is 7. The summed E-state index contributed by atoms with van der Waals surface area (Å²) in [5.74, 6) is 0. The molecule has 2 aliphatic rings. The van der Waals surface area contributed by atoms with Crippen molar-refractivity contribution in [1.29, 1.82) is 0 Å². The van der Waals surface area contributed by atoms with Crippen molar-refractivity contribution in [1.82, 2.24) is 0 Å². The van der Waals surface area contributed by atoms with E-state index in [1.807, 2.05) is 11.3 Å². The number of para-hydroxylation sites is 1. The lowest BCUT2D eigenvalue weighted by molar-refractivity contribution is 0.785. The number of anilines is 2. The molecule has 8 aromatic rings. The molecule has 7 aromatic carbocycles. The Morgan fingerprint density at radius 2 is 1.08 bits per heavy atom. The first kappa shape index (κ1) is 30.6. The third kappa shape index (κ3) is 4.41. The van der Waals surface area contributed by atoms with Crippen molar-refractivity contribution in [3.63, 3.8) is 0 Å². The second-order valence-corrected chi connectivity index (χ2v) is 14.8. The monoisotopic (exact) mass is 681 g/mol. The predicted octanol–water partition coefficient (Wildman–Crippen LogP) is 13.7. The summed E-state index contributed by atoms with van der Waals surface area (Å²) in [6, 6.07) is 61.8. The average molecular weight is 682 g/mol. The summed E-state index contributed by atoms with van der Waals surface area (Å²) in [5.41, 5.74) is 15.7. The molecule has 2 aliphatic carbocycles. The van der Waals surface area contributed by atoms with Gasteiger partial charge < -0.3 is 4.90 Å². The zero-order valence-corrected chi connectivity index (χ0v) is 29.7. The van der Waals surface area contributed by atoms with Crippen LogP contribution in [0.1, 0.15) is 29.2 Å². The summed E-state index contributed by atoms with van der Waals surface area (Å²) in [6.45, 7) is 6.99. The minimum atomic E-state index is -0.391. The maximum absolute atomic E-state index is 4.71. The molecular formula is C50H35NS. The first-order chi connectivity index (χ1) is 25.6. The van der Waals surface area contributed by atoms with Gasteiger partial charge in [-0.2, -0.15) is 0 Å². The number of hydrogen-bond acceptors (Lipinski definition) is 2. The Labute approximate surface area is 308 Å². The van der Waals surface area contributed by atoms with E-state index in [4.69, 9.17) is 6.58 Å². The number of hydrogen-bond donors (Lipinski definition) is 0.